The Morgan fingerprint density at radius 1 is 0.968 bits per heavy atom. The van der Waals surface area contributed by atoms with E-state index in [-0.39, 0.29) is 13.2 Å². The first-order valence-electron chi connectivity index (χ1n) is 9.96. The van der Waals surface area contributed by atoms with Crippen LogP contribution in [0.15, 0.2) is 61.2 Å². The number of benzene rings is 2. The van der Waals surface area contributed by atoms with Gasteiger partial charge in [-0.15, -0.1) is 18.3 Å². The summed E-state index contributed by atoms with van der Waals surface area (Å²) in [4.78, 5) is 25.1. The van der Waals surface area contributed by atoms with Gasteiger partial charge in [0.2, 0.25) is 0 Å². The van der Waals surface area contributed by atoms with E-state index in [4.69, 9.17) is 14.2 Å². The summed E-state index contributed by atoms with van der Waals surface area (Å²) in [5.74, 6) is -1.00. The topological polar surface area (TPSA) is 82.1 Å². The van der Waals surface area contributed by atoms with Crippen LogP contribution in [0.5, 0.6) is 0 Å². The number of carbonyl (C=O) groups is 2. The summed E-state index contributed by atoms with van der Waals surface area (Å²) < 4.78 is 16.8. The Morgan fingerprint density at radius 3 is 2.06 bits per heavy atom. The van der Waals surface area contributed by atoms with Crippen molar-refractivity contribution in [1.82, 2.24) is 0 Å². The number of aliphatic hydroxyl groups excluding tert-OH is 1. The van der Waals surface area contributed by atoms with Crippen molar-refractivity contribution in [2.45, 2.75) is 36.7 Å². The second-order valence-electron chi connectivity index (χ2n) is 7.35. The van der Waals surface area contributed by atoms with Gasteiger partial charge in [0, 0.05) is 0 Å². The molecule has 2 aromatic carbocycles. The zero-order chi connectivity index (χ0) is 22.4. The highest BCUT2D eigenvalue weighted by Gasteiger charge is 2.47. The molecular weight excluding hydrogens is 416 g/mol. The summed E-state index contributed by atoms with van der Waals surface area (Å²) in [6.45, 7) is 7.63. The maximum atomic E-state index is 12.7. The highest BCUT2D eigenvalue weighted by molar-refractivity contribution is 8.00. The molecule has 0 amide bonds. The third-order valence-corrected chi connectivity index (χ3v) is 6.19. The lowest BCUT2D eigenvalue weighted by Crippen LogP contribution is -2.40. The minimum Gasteiger partial charge on any atom is -0.461 e. The zero-order valence-corrected chi connectivity index (χ0v) is 18.3. The Morgan fingerprint density at radius 2 is 1.52 bits per heavy atom. The largest absolute Gasteiger partial charge is 0.461 e. The predicted octanol–water partition coefficient (Wildman–Crippen LogP) is 3.69. The van der Waals surface area contributed by atoms with E-state index in [2.05, 4.69) is 6.58 Å². The number of ether oxygens (including phenoxy) is 3. The first-order chi connectivity index (χ1) is 14.9. The molecule has 1 heterocycles. The monoisotopic (exact) mass is 442 g/mol. The third-order valence-electron chi connectivity index (χ3n) is 4.89. The number of hydrogen-bond acceptors (Lipinski definition) is 7. The van der Waals surface area contributed by atoms with E-state index < -0.39 is 34.8 Å². The van der Waals surface area contributed by atoms with Crippen molar-refractivity contribution in [3.05, 3.63) is 83.4 Å². The fourth-order valence-electron chi connectivity index (χ4n) is 3.15. The Kier molecular flexibility index (Phi) is 7.90. The minimum atomic E-state index is -0.932. The van der Waals surface area contributed by atoms with Crippen LogP contribution >= 0.6 is 11.8 Å². The highest BCUT2D eigenvalue weighted by atomic mass is 32.2. The molecule has 0 saturated carbocycles. The molecule has 0 aromatic heterocycles. The van der Waals surface area contributed by atoms with Crippen LogP contribution in [0.3, 0.4) is 0 Å². The molecule has 1 N–H and O–H groups in total. The van der Waals surface area contributed by atoms with Gasteiger partial charge in [-0.1, -0.05) is 41.5 Å². The van der Waals surface area contributed by atoms with Crippen LogP contribution < -0.4 is 0 Å². The van der Waals surface area contributed by atoms with Gasteiger partial charge in [-0.25, -0.2) is 9.59 Å². The number of hydrogen-bond donors (Lipinski definition) is 1. The number of aryl methyl sites for hydroxylation is 2. The van der Waals surface area contributed by atoms with Crippen LogP contribution in [0.4, 0.5) is 0 Å². The Hall–Kier alpha value is -2.61. The molecule has 1 saturated heterocycles. The summed E-state index contributed by atoms with van der Waals surface area (Å²) >= 11 is 1.15. The summed E-state index contributed by atoms with van der Waals surface area (Å²) in [6, 6.07) is 14.1. The average Bonchev–Trinajstić information content (AvgIpc) is 3.05. The van der Waals surface area contributed by atoms with Gasteiger partial charge >= 0.3 is 11.9 Å². The van der Waals surface area contributed by atoms with Crippen LogP contribution in [0.2, 0.25) is 0 Å². The van der Waals surface area contributed by atoms with Crippen LogP contribution in [-0.2, 0) is 14.2 Å². The molecule has 2 aromatic rings. The van der Waals surface area contributed by atoms with Crippen LogP contribution in [-0.4, -0.2) is 53.2 Å². The van der Waals surface area contributed by atoms with Crippen molar-refractivity contribution in [3.8, 4) is 0 Å². The normalized spacial score (nSPS) is 22.7. The number of aliphatic hydroxyl groups is 1. The molecule has 1 aliphatic rings. The molecule has 31 heavy (non-hydrogen) atoms. The molecule has 1 aliphatic heterocycles. The molecule has 0 aliphatic carbocycles. The smallest absolute Gasteiger partial charge is 0.338 e. The van der Waals surface area contributed by atoms with Gasteiger partial charge < -0.3 is 19.3 Å². The lowest BCUT2D eigenvalue weighted by molar-refractivity contribution is -0.0685. The quantitative estimate of drug-likeness (QED) is 0.493. The molecule has 7 heteroatoms. The standard InChI is InChI=1S/C24H26O6S/c1-4-13-28-21-20(30-23(26)18-11-7-16(3)8-12-18)19(31-24(21)27)14-29-22(25)17-9-5-15(2)6-10-17/h4-12,19-21,24,27H,1,13-14H2,2-3H3/t19-,20-,21-,24?/m1/s1. The van der Waals surface area contributed by atoms with Crippen LogP contribution in [0.25, 0.3) is 0 Å². The van der Waals surface area contributed by atoms with Crippen molar-refractivity contribution in [2.24, 2.45) is 0 Å². The average molecular weight is 443 g/mol. The van der Waals surface area contributed by atoms with E-state index in [1.165, 1.54) is 0 Å². The van der Waals surface area contributed by atoms with Gasteiger partial charge in [0.05, 0.1) is 23.0 Å². The van der Waals surface area contributed by atoms with Crippen molar-refractivity contribution in [1.29, 1.82) is 0 Å². The lowest BCUT2D eigenvalue weighted by atomic mass is 10.1. The van der Waals surface area contributed by atoms with Crippen molar-refractivity contribution in [2.75, 3.05) is 13.2 Å². The molecule has 1 fully saturated rings. The molecule has 0 radical (unpaired) electrons. The first kappa shape index (κ1) is 23.1. The number of carbonyl (C=O) groups excluding carboxylic acids is 2. The number of thioether (sulfide) groups is 1. The molecule has 0 spiro atoms. The maximum absolute atomic E-state index is 12.7. The van der Waals surface area contributed by atoms with Gasteiger partial charge in [-0.3, -0.25) is 0 Å². The molecule has 3 rings (SSSR count). The van der Waals surface area contributed by atoms with Crippen molar-refractivity contribution < 1.29 is 28.9 Å². The minimum absolute atomic E-state index is 0.0335. The molecule has 6 nitrogen and oxygen atoms in total. The summed E-state index contributed by atoms with van der Waals surface area (Å²) in [5.41, 5.74) is 1.96. The molecule has 1 unspecified atom stereocenters. The second-order valence-corrected chi connectivity index (χ2v) is 8.71. The fourth-order valence-corrected chi connectivity index (χ4v) is 4.41. The van der Waals surface area contributed by atoms with Gasteiger partial charge in [-0.2, -0.15) is 0 Å². The van der Waals surface area contributed by atoms with Gasteiger partial charge in [-0.05, 0) is 38.1 Å². The summed E-state index contributed by atoms with van der Waals surface area (Å²) in [7, 11) is 0. The highest BCUT2D eigenvalue weighted by Crippen LogP contribution is 2.37. The van der Waals surface area contributed by atoms with Crippen molar-refractivity contribution >= 4 is 23.7 Å². The van der Waals surface area contributed by atoms with Gasteiger partial charge in [0.25, 0.3) is 0 Å². The summed E-state index contributed by atoms with van der Waals surface area (Å²) in [6.07, 6.45) is 0.00102. The first-order valence-corrected chi connectivity index (χ1v) is 10.9. The Bertz CT molecular complexity index is 909. The molecular formula is C24H26O6S. The molecule has 164 valence electrons. The van der Waals surface area contributed by atoms with E-state index in [1.54, 1.807) is 30.3 Å². The fraction of sp³-hybridized carbons (Fsp3) is 0.333. The SMILES string of the molecule is C=CCO[C@H]1C(O)S[C@H](COC(=O)c2ccc(C)cc2)[C@H]1OC(=O)c1ccc(C)cc1. The third kappa shape index (κ3) is 5.97. The van der Waals surface area contributed by atoms with Crippen molar-refractivity contribution in [3.63, 3.8) is 0 Å². The van der Waals surface area contributed by atoms with E-state index in [9.17, 15) is 14.7 Å². The van der Waals surface area contributed by atoms with Crippen LogP contribution in [0.1, 0.15) is 31.8 Å². The number of esters is 2. The summed E-state index contributed by atoms with van der Waals surface area (Å²) in [5, 5.41) is 9.98. The second kappa shape index (κ2) is 10.6. The van der Waals surface area contributed by atoms with E-state index >= 15 is 0 Å². The van der Waals surface area contributed by atoms with Gasteiger partial charge in [0.15, 0.2) is 0 Å². The zero-order valence-electron chi connectivity index (χ0n) is 17.5. The van der Waals surface area contributed by atoms with E-state index in [0.717, 1.165) is 22.9 Å². The number of rotatable bonds is 8. The Labute approximate surface area is 186 Å². The molecule has 4 atom stereocenters. The lowest BCUT2D eigenvalue weighted by Gasteiger charge is -2.24. The maximum Gasteiger partial charge on any atom is 0.338 e. The van der Waals surface area contributed by atoms with Gasteiger partial charge in [0.1, 0.15) is 24.3 Å². The van der Waals surface area contributed by atoms with E-state index in [1.807, 2.05) is 38.1 Å². The van der Waals surface area contributed by atoms with Crippen LogP contribution in [0, 0.1) is 13.8 Å². The Balaban J connectivity index is 1.70. The molecule has 0 bridgehead atoms. The predicted molar refractivity (Wildman–Crippen MR) is 119 cm³/mol. The van der Waals surface area contributed by atoms with E-state index in [0.29, 0.717) is 11.1 Å².